The van der Waals surface area contributed by atoms with Gasteiger partial charge in [-0.05, 0) is 64.1 Å². The molecule has 0 atom stereocenters. The number of nitrogens with zero attached hydrogens (tertiary/aromatic N) is 2. The molecule has 0 saturated carbocycles. The summed E-state index contributed by atoms with van der Waals surface area (Å²) in [7, 11) is 2.25. The Balaban J connectivity index is 1.38. The fourth-order valence-electron chi connectivity index (χ4n) is 5.57. The Labute approximate surface area is 194 Å². The molecule has 182 valence electrons. The minimum absolute atomic E-state index is 0.431. The van der Waals surface area contributed by atoms with Crippen LogP contribution >= 0.6 is 0 Å². The van der Waals surface area contributed by atoms with Gasteiger partial charge in [0.15, 0.2) is 0 Å². The second-order valence-electron chi connectivity index (χ2n) is 10.8. The van der Waals surface area contributed by atoms with Crippen LogP contribution in [0.5, 0.6) is 0 Å². The van der Waals surface area contributed by atoms with Crippen molar-refractivity contribution in [1.29, 1.82) is 0 Å². The Kier molecular flexibility index (Phi) is 14.6. The largest absolute Gasteiger partial charge is 0.343 e. The average molecular weight is 435 g/mol. The van der Waals surface area contributed by atoms with E-state index in [1.807, 2.05) is 0 Å². The highest BCUT2D eigenvalue weighted by Crippen LogP contribution is 2.28. The van der Waals surface area contributed by atoms with E-state index < -0.39 is 0 Å². The minimum Gasteiger partial charge on any atom is -0.343 e. The molecule has 2 aliphatic heterocycles. The molecule has 0 radical (unpaired) electrons. The third kappa shape index (κ3) is 12.3. The zero-order chi connectivity index (χ0) is 22.2. The fraction of sp³-hybridized carbons (Fsp3) is 0.964. The van der Waals surface area contributed by atoms with Crippen molar-refractivity contribution in [1.82, 2.24) is 9.80 Å². The molecule has 2 fully saturated rings. The van der Waals surface area contributed by atoms with Gasteiger partial charge in [-0.25, -0.2) is 0 Å². The van der Waals surface area contributed by atoms with Crippen LogP contribution < -0.4 is 0 Å². The summed E-state index contributed by atoms with van der Waals surface area (Å²) in [4.78, 5) is 17.2. The lowest BCUT2D eigenvalue weighted by Crippen LogP contribution is -2.38. The van der Waals surface area contributed by atoms with E-state index in [1.165, 1.54) is 122 Å². The van der Waals surface area contributed by atoms with Crippen molar-refractivity contribution in [2.75, 3.05) is 33.2 Å². The van der Waals surface area contributed by atoms with Crippen molar-refractivity contribution in [3.63, 3.8) is 0 Å². The summed E-state index contributed by atoms with van der Waals surface area (Å²) in [6, 6.07) is 0. The second kappa shape index (κ2) is 17.0. The third-order valence-corrected chi connectivity index (χ3v) is 8.03. The van der Waals surface area contributed by atoms with Crippen molar-refractivity contribution < 1.29 is 4.79 Å². The summed E-state index contributed by atoms with van der Waals surface area (Å²) >= 11 is 0. The van der Waals surface area contributed by atoms with Crippen LogP contribution in [0.4, 0.5) is 0 Å². The van der Waals surface area contributed by atoms with Crippen molar-refractivity contribution in [3.8, 4) is 0 Å². The number of amides is 1. The monoisotopic (exact) mass is 434 g/mol. The van der Waals surface area contributed by atoms with E-state index in [0.29, 0.717) is 5.91 Å². The maximum absolute atomic E-state index is 12.5. The molecule has 2 heterocycles. The van der Waals surface area contributed by atoms with Crippen molar-refractivity contribution >= 4 is 5.91 Å². The molecular formula is C28H54N2O. The van der Waals surface area contributed by atoms with Gasteiger partial charge in [-0.15, -0.1) is 0 Å². The number of likely N-dealkylation sites (tertiary alicyclic amines) is 2. The second-order valence-corrected chi connectivity index (χ2v) is 10.8. The van der Waals surface area contributed by atoms with Crippen molar-refractivity contribution in [2.45, 2.75) is 129 Å². The van der Waals surface area contributed by atoms with Gasteiger partial charge < -0.3 is 9.80 Å². The average Bonchev–Trinajstić information content (AvgIpc) is 2.79. The van der Waals surface area contributed by atoms with Crippen LogP contribution in [-0.2, 0) is 4.79 Å². The first-order valence-corrected chi connectivity index (χ1v) is 14.2. The standard InChI is InChI=1S/C28H54N2O/c1-3-4-5-6-7-8-9-10-11-12-13-14-15-28(31)30-24-20-27(21-25-30)17-16-26-18-22-29(2)23-19-26/h26-27H,3-25H2,1-2H3. The molecule has 0 unspecified atom stereocenters. The topological polar surface area (TPSA) is 23.6 Å². The van der Waals surface area contributed by atoms with Gasteiger partial charge in [0.1, 0.15) is 0 Å². The molecule has 2 saturated heterocycles. The van der Waals surface area contributed by atoms with Gasteiger partial charge in [0.2, 0.25) is 5.91 Å². The number of piperidine rings is 2. The lowest BCUT2D eigenvalue weighted by atomic mass is 9.85. The normalized spacial score (nSPS) is 19.2. The first kappa shape index (κ1) is 26.7. The molecule has 0 spiro atoms. The zero-order valence-corrected chi connectivity index (χ0v) is 21.2. The van der Waals surface area contributed by atoms with E-state index in [4.69, 9.17) is 0 Å². The Morgan fingerprint density at radius 1 is 0.645 bits per heavy atom. The lowest BCUT2D eigenvalue weighted by Gasteiger charge is -2.34. The molecule has 0 aromatic heterocycles. The number of hydrogen-bond donors (Lipinski definition) is 0. The van der Waals surface area contributed by atoms with Crippen LogP contribution in [0, 0.1) is 11.8 Å². The third-order valence-electron chi connectivity index (χ3n) is 8.03. The van der Waals surface area contributed by atoms with Crippen LogP contribution in [0.15, 0.2) is 0 Å². The van der Waals surface area contributed by atoms with E-state index in [-0.39, 0.29) is 0 Å². The van der Waals surface area contributed by atoms with Gasteiger partial charge in [0, 0.05) is 19.5 Å². The van der Waals surface area contributed by atoms with Gasteiger partial charge in [-0.2, -0.15) is 0 Å². The van der Waals surface area contributed by atoms with Gasteiger partial charge >= 0.3 is 0 Å². The van der Waals surface area contributed by atoms with E-state index in [9.17, 15) is 4.79 Å². The van der Waals surface area contributed by atoms with Crippen molar-refractivity contribution in [3.05, 3.63) is 0 Å². The summed E-state index contributed by atoms with van der Waals surface area (Å²) in [5.41, 5.74) is 0. The molecule has 0 aromatic rings. The molecule has 0 aromatic carbocycles. The highest BCUT2D eigenvalue weighted by molar-refractivity contribution is 5.76. The fourth-order valence-corrected chi connectivity index (χ4v) is 5.57. The summed E-state index contributed by atoms with van der Waals surface area (Å²) < 4.78 is 0. The summed E-state index contributed by atoms with van der Waals surface area (Å²) in [5.74, 6) is 2.26. The minimum atomic E-state index is 0.431. The Bertz CT molecular complexity index is 436. The molecule has 3 nitrogen and oxygen atoms in total. The Morgan fingerprint density at radius 3 is 1.55 bits per heavy atom. The predicted molar refractivity (Wildman–Crippen MR) is 134 cm³/mol. The van der Waals surface area contributed by atoms with Crippen LogP contribution in [0.1, 0.15) is 129 Å². The molecular weight excluding hydrogens is 380 g/mol. The first-order chi connectivity index (χ1) is 15.2. The highest BCUT2D eigenvalue weighted by Gasteiger charge is 2.24. The van der Waals surface area contributed by atoms with Crippen LogP contribution in [-0.4, -0.2) is 48.9 Å². The maximum atomic E-state index is 12.5. The van der Waals surface area contributed by atoms with Crippen LogP contribution in [0.3, 0.4) is 0 Å². The van der Waals surface area contributed by atoms with E-state index in [0.717, 1.165) is 37.8 Å². The molecule has 0 N–H and O–H groups in total. The summed E-state index contributed by atoms with van der Waals surface area (Å²) in [5, 5.41) is 0. The molecule has 0 aliphatic carbocycles. The van der Waals surface area contributed by atoms with Crippen LogP contribution in [0.25, 0.3) is 0 Å². The highest BCUT2D eigenvalue weighted by atomic mass is 16.2. The molecule has 31 heavy (non-hydrogen) atoms. The number of hydrogen-bond acceptors (Lipinski definition) is 2. The zero-order valence-electron chi connectivity index (χ0n) is 21.2. The molecule has 2 aliphatic rings. The number of rotatable bonds is 16. The molecule has 2 rings (SSSR count). The quantitative estimate of drug-likeness (QED) is 0.236. The van der Waals surface area contributed by atoms with Gasteiger partial charge in [-0.3, -0.25) is 4.79 Å². The first-order valence-electron chi connectivity index (χ1n) is 14.2. The van der Waals surface area contributed by atoms with E-state index >= 15 is 0 Å². The number of carbonyl (C=O) groups excluding carboxylic acids is 1. The molecule has 1 amide bonds. The summed E-state index contributed by atoms with van der Waals surface area (Å²) in [6.07, 6.45) is 25.2. The summed E-state index contributed by atoms with van der Waals surface area (Å²) in [6.45, 7) is 6.91. The van der Waals surface area contributed by atoms with Gasteiger partial charge in [0.25, 0.3) is 0 Å². The molecule has 3 heteroatoms. The number of carbonyl (C=O) groups is 1. The van der Waals surface area contributed by atoms with E-state index in [1.54, 1.807) is 0 Å². The SMILES string of the molecule is CCCCCCCCCCCCCCC(=O)N1CCC(CCC2CCN(C)CC2)CC1. The van der Waals surface area contributed by atoms with E-state index in [2.05, 4.69) is 23.8 Å². The predicted octanol–water partition coefficient (Wildman–Crippen LogP) is 7.44. The van der Waals surface area contributed by atoms with Crippen LogP contribution in [0.2, 0.25) is 0 Å². The van der Waals surface area contributed by atoms with Gasteiger partial charge in [-0.1, -0.05) is 90.4 Å². The lowest BCUT2D eigenvalue weighted by molar-refractivity contribution is -0.132. The maximum Gasteiger partial charge on any atom is 0.222 e. The Morgan fingerprint density at radius 2 is 1.06 bits per heavy atom. The Hall–Kier alpha value is -0.570. The van der Waals surface area contributed by atoms with Gasteiger partial charge in [0.05, 0.1) is 0 Å². The van der Waals surface area contributed by atoms with Crippen molar-refractivity contribution in [2.24, 2.45) is 11.8 Å². The number of unbranched alkanes of at least 4 members (excludes halogenated alkanes) is 11. The smallest absolute Gasteiger partial charge is 0.222 e. The molecule has 0 bridgehead atoms.